The lowest BCUT2D eigenvalue weighted by molar-refractivity contribution is 0.220. The highest BCUT2D eigenvalue weighted by atomic mass is 16.2. The number of carbonyl (C=O) groups is 1. The first-order valence-electron chi connectivity index (χ1n) is 8.22. The van der Waals surface area contributed by atoms with Crippen molar-refractivity contribution in [2.24, 2.45) is 7.05 Å². The van der Waals surface area contributed by atoms with Gasteiger partial charge in [-0.3, -0.25) is 15.1 Å². The Kier molecular flexibility index (Phi) is 5.01. The quantitative estimate of drug-likeness (QED) is 0.903. The third-order valence-corrected chi connectivity index (χ3v) is 4.08. The summed E-state index contributed by atoms with van der Waals surface area (Å²) in [6, 6.07) is 1.84. The molecule has 7 nitrogen and oxygen atoms in total. The van der Waals surface area contributed by atoms with Crippen LogP contribution in [0.3, 0.4) is 0 Å². The minimum Gasteiger partial charge on any atom is -0.322 e. The van der Waals surface area contributed by atoms with Gasteiger partial charge >= 0.3 is 6.03 Å². The van der Waals surface area contributed by atoms with Crippen molar-refractivity contribution in [3.8, 4) is 0 Å². The predicted octanol–water partition coefficient (Wildman–Crippen LogP) is 2.98. The zero-order valence-corrected chi connectivity index (χ0v) is 15.7. The van der Waals surface area contributed by atoms with E-state index in [1.807, 2.05) is 20.0 Å². The number of hydrogen-bond acceptors (Lipinski definition) is 3. The van der Waals surface area contributed by atoms with Crippen LogP contribution in [0.25, 0.3) is 0 Å². The highest BCUT2D eigenvalue weighted by Gasteiger charge is 2.20. The number of aryl methyl sites for hydroxylation is 2. The lowest BCUT2D eigenvalue weighted by Gasteiger charge is -2.18. The normalized spacial score (nSPS) is 11.6. The van der Waals surface area contributed by atoms with E-state index in [2.05, 4.69) is 48.3 Å². The van der Waals surface area contributed by atoms with Crippen LogP contribution < -0.4 is 5.32 Å². The van der Waals surface area contributed by atoms with Crippen LogP contribution in [0.4, 0.5) is 10.6 Å². The number of rotatable bonds is 4. The van der Waals surface area contributed by atoms with E-state index in [1.165, 1.54) is 0 Å². The number of aromatic nitrogens is 4. The molecule has 0 aromatic carbocycles. The van der Waals surface area contributed by atoms with Gasteiger partial charge in [-0.1, -0.05) is 27.7 Å². The molecule has 0 fully saturated rings. The van der Waals surface area contributed by atoms with Gasteiger partial charge in [0.05, 0.1) is 23.6 Å². The molecule has 2 rings (SSSR count). The third kappa shape index (κ3) is 3.77. The zero-order valence-electron chi connectivity index (χ0n) is 15.7. The van der Waals surface area contributed by atoms with Gasteiger partial charge in [0, 0.05) is 25.1 Å². The highest BCUT2D eigenvalue weighted by Crippen LogP contribution is 2.21. The molecular weight excluding hydrogens is 304 g/mol. The summed E-state index contributed by atoms with van der Waals surface area (Å²) in [5.41, 5.74) is 3.89. The Bertz CT molecular complexity index is 722. The fourth-order valence-corrected chi connectivity index (χ4v) is 2.63. The molecule has 0 spiro atoms. The van der Waals surface area contributed by atoms with Crippen molar-refractivity contribution < 1.29 is 4.79 Å². The molecular formula is C17H28N6O. The van der Waals surface area contributed by atoms with Crippen LogP contribution in [0.1, 0.15) is 50.3 Å². The van der Waals surface area contributed by atoms with E-state index >= 15 is 0 Å². The molecule has 0 atom stereocenters. The van der Waals surface area contributed by atoms with Gasteiger partial charge in [0.1, 0.15) is 5.82 Å². The average molecular weight is 332 g/mol. The maximum Gasteiger partial charge on any atom is 0.323 e. The van der Waals surface area contributed by atoms with Gasteiger partial charge < -0.3 is 4.90 Å². The van der Waals surface area contributed by atoms with Crippen molar-refractivity contribution in [1.82, 2.24) is 24.9 Å². The van der Waals surface area contributed by atoms with E-state index in [-0.39, 0.29) is 11.4 Å². The van der Waals surface area contributed by atoms with Gasteiger partial charge in [-0.15, -0.1) is 0 Å². The van der Waals surface area contributed by atoms with Crippen LogP contribution in [-0.2, 0) is 25.4 Å². The Morgan fingerprint density at radius 2 is 2.08 bits per heavy atom. The molecule has 2 amide bonds. The minimum absolute atomic E-state index is 0.0160. The van der Waals surface area contributed by atoms with Crippen molar-refractivity contribution >= 4 is 11.8 Å². The number of H-pyrrole nitrogens is 1. The molecule has 7 heteroatoms. The molecule has 2 heterocycles. The first-order valence-corrected chi connectivity index (χ1v) is 8.22. The Labute approximate surface area is 143 Å². The van der Waals surface area contributed by atoms with Crippen LogP contribution in [0.5, 0.6) is 0 Å². The Hall–Kier alpha value is -2.31. The number of aromatic amines is 1. The Balaban J connectivity index is 2.07. The predicted molar refractivity (Wildman–Crippen MR) is 95.1 cm³/mol. The maximum absolute atomic E-state index is 12.5. The number of urea groups is 1. The standard InChI is InChI=1S/C17H28N6O/c1-8-13-11(2)21-23(7)15(13)18-16(24)22(6)10-12-9-14(20-19-12)17(3,4)5/h9H,8,10H2,1-7H3,(H,18,24)(H,19,20). The Morgan fingerprint density at radius 3 is 2.62 bits per heavy atom. The van der Waals surface area contributed by atoms with Gasteiger partial charge in [-0.05, 0) is 19.4 Å². The number of nitrogens with zero attached hydrogens (tertiary/aromatic N) is 4. The van der Waals surface area contributed by atoms with Gasteiger partial charge in [-0.2, -0.15) is 10.2 Å². The van der Waals surface area contributed by atoms with Crippen LogP contribution in [0, 0.1) is 6.92 Å². The maximum atomic E-state index is 12.5. The topological polar surface area (TPSA) is 78.8 Å². The van der Waals surface area contributed by atoms with Gasteiger partial charge in [0.15, 0.2) is 0 Å². The Morgan fingerprint density at radius 1 is 1.42 bits per heavy atom. The number of anilines is 1. The molecule has 0 bridgehead atoms. The van der Waals surface area contributed by atoms with Crippen molar-refractivity contribution in [3.63, 3.8) is 0 Å². The minimum atomic E-state index is -0.167. The largest absolute Gasteiger partial charge is 0.323 e. The summed E-state index contributed by atoms with van der Waals surface area (Å²) >= 11 is 0. The van der Waals surface area contributed by atoms with Crippen molar-refractivity contribution in [3.05, 3.63) is 28.7 Å². The number of amides is 2. The summed E-state index contributed by atoms with van der Waals surface area (Å²) in [5.74, 6) is 0.756. The van der Waals surface area contributed by atoms with Crippen molar-refractivity contribution in [2.75, 3.05) is 12.4 Å². The lowest BCUT2D eigenvalue weighted by Crippen LogP contribution is -2.32. The SMILES string of the molecule is CCc1c(C)nn(C)c1NC(=O)N(C)Cc1cc(C(C)(C)C)n[nH]1. The summed E-state index contributed by atoms with van der Waals surface area (Å²) in [6.45, 7) is 10.8. The number of carbonyl (C=O) groups excluding carboxylic acids is 1. The monoisotopic (exact) mass is 332 g/mol. The lowest BCUT2D eigenvalue weighted by atomic mass is 9.92. The number of nitrogens with one attached hydrogen (secondary N) is 2. The van der Waals surface area contributed by atoms with E-state index < -0.39 is 0 Å². The summed E-state index contributed by atoms with van der Waals surface area (Å²) < 4.78 is 1.72. The van der Waals surface area contributed by atoms with Crippen LogP contribution in [0.2, 0.25) is 0 Å². The fourth-order valence-electron chi connectivity index (χ4n) is 2.63. The smallest absolute Gasteiger partial charge is 0.322 e. The summed E-state index contributed by atoms with van der Waals surface area (Å²) in [7, 11) is 3.61. The average Bonchev–Trinajstić information content (AvgIpc) is 3.04. The van der Waals surface area contributed by atoms with Gasteiger partial charge in [0.25, 0.3) is 0 Å². The molecule has 132 valence electrons. The second kappa shape index (κ2) is 6.67. The van der Waals surface area contributed by atoms with Gasteiger partial charge in [-0.25, -0.2) is 4.79 Å². The molecule has 0 saturated heterocycles. The zero-order chi connectivity index (χ0) is 18.1. The van der Waals surface area contributed by atoms with E-state index in [1.54, 1.807) is 16.6 Å². The molecule has 0 saturated carbocycles. The second-order valence-corrected chi connectivity index (χ2v) is 7.20. The molecule has 0 unspecified atom stereocenters. The van der Waals surface area contributed by atoms with Crippen molar-refractivity contribution in [2.45, 2.75) is 53.0 Å². The molecule has 0 aliphatic rings. The second-order valence-electron chi connectivity index (χ2n) is 7.20. The van der Waals surface area contributed by atoms with E-state index in [0.29, 0.717) is 6.54 Å². The summed E-state index contributed by atoms with van der Waals surface area (Å²) in [6.07, 6.45) is 0.828. The van der Waals surface area contributed by atoms with E-state index in [4.69, 9.17) is 0 Å². The first kappa shape index (κ1) is 18.0. The molecule has 0 radical (unpaired) electrons. The summed E-state index contributed by atoms with van der Waals surface area (Å²) in [4.78, 5) is 14.1. The van der Waals surface area contributed by atoms with Crippen molar-refractivity contribution in [1.29, 1.82) is 0 Å². The third-order valence-electron chi connectivity index (χ3n) is 4.08. The molecule has 0 aliphatic carbocycles. The van der Waals surface area contributed by atoms with E-state index in [9.17, 15) is 4.79 Å². The first-order chi connectivity index (χ1) is 11.1. The van der Waals surface area contributed by atoms with E-state index in [0.717, 1.165) is 34.9 Å². The van der Waals surface area contributed by atoms with Crippen LogP contribution in [0.15, 0.2) is 6.07 Å². The van der Waals surface area contributed by atoms with Crippen LogP contribution >= 0.6 is 0 Å². The molecule has 0 aliphatic heterocycles. The number of hydrogen-bond donors (Lipinski definition) is 2. The summed E-state index contributed by atoms with van der Waals surface area (Å²) in [5, 5.41) is 14.7. The molecule has 2 aromatic rings. The highest BCUT2D eigenvalue weighted by molar-refractivity contribution is 5.89. The van der Waals surface area contributed by atoms with Crippen LogP contribution in [-0.4, -0.2) is 38.0 Å². The molecule has 2 aromatic heterocycles. The fraction of sp³-hybridized carbons (Fsp3) is 0.588. The van der Waals surface area contributed by atoms with Gasteiger partial charge in [0.2, 0.25) is 0 Å². The molecule has 2 N–H and O–H groups in total. The molecule has 24 heavy (non-hydrogen) atoms.